The first-order chi connectivity index (χ1) is 8.45. The Labute approximate surface area is 109 Å². The number of thiazole rings is 1. The van der Waals surface area contributed by atoms with Crippen molar-refractivity contribution in [3.8, 4) is 0 Å². The Morgan fingerprint density at radius 3 is 2.72 bits per heavy atom. The molecule has 4 N–H and O–H groups in total. The molecule has 18 heavy (non-hydrogen) atoms. The molecule has 0 spiro atoms. The molecule has 0 aliphatic rings. The summed E-state index contributed by atoms with van der Waals surface area (Å²) in [6, 6.07) is -0.519. The van der Waals surface area contributed by atoms with Gasteiger partial charge in [-0.05, 0) is 13.3 Å². The number of hydrogen-bond donors (Lipinski definition) is 3. The number of aromatic nitrogens is 1. The van der Waals surface area contributed by atoms with E-state index in [-0.39, 0.29) is 17.3 Å². The quantitative estimate of drug-likeness (QED) is 0.712. The van der Waals surface area contributed by atoms with Crippen LogP contribution in [-0.2, 0) is 11.3 Å². The summed E-state index contributed by atoms with van der Waals surface area (Å²) in [6.07, 6.45) is 1.47. The molecular weight excluding hydrogens is 254 g/mol. The Morgan fingerprint density at radius 2 is 2.22 bits per heavy atom. The highest BCUT2D eigenvalue weighted by Crippen LogP contribution is 2.17. The lowest BCUT2D eigenvalue weighted by atomic mass is 10.2. The average Bonchev–Trinajstić information content (AvgIpc) is 2.68. The van der Waals surface area contributed by atoms with E-state index in [1.165, 1.54) is 0 Å². The highest BCUT2D eigenvalue weighted by molar-refractivity contribution is 7.13. The standard InChI is InChI=1S/C11H17N3O3S/c1-3-4-7(12)10(15)13-5-8-14-6(2)9(18-8)11(16)17/h7H,3-5,12H2,1-2H3,(H,13,15)(H,16,17). The molecule has 0 saturated carbocycles. The molecule has 7 heteroatoms. The number of carbonyl (C=O) groups excluding carboxylic acids is 1. The van der Waals surface area contributed by atoms with Crippen LogP contribution in [0.2, 0.25) is 0 Å². The van der Waals surface area contributed by atoms with Crippen LogP contribution in [0.3, 0.4) is 0 Å². The molecular formula is C11H17N3O3S. The van der Waals surface area contributed by atoms with Crippen LogP contribution in [0.5, 0.6) is 0 Å². The molecule has 1 aromatic heterocycles. The molecule has 1 heterocycles. The highest BCUT2D eigenvalue weighted by atomic mass is 32.1. The molecule has 0 fully saturated rings. The lowest BCUT2D eigenvalue weighted by Crippen LogP contribution is -2.40. The number of hydrogen-bond acceptors (Lipinski definition) is 5. The zero-order valence-corrected chi connectivity index (χ0v) is 11.2. The van der Waals surface area contributed by atoms with E-state index >= 15 is 0 Å². The number of carboxylic acid groups (broad SMARTS) is 1. The van der Waals surface area contributed by atoms with Crippen LogP contribution in [0.4, 0.5) is 0 Å². The van der Waals surface area contributed by atoms with Crippen LogP contribution in [0.1, 0.15) is 40.1 Å². The lowest BCUT2D eigenvalue weighted by Gasteiger charge is -2.09. The number of nitrogens with zero attached hydrogens (tertiary/aromatic N) is 1. The van der Waals surface area contributed by atoms with E-state index in [1.807, 2.05) is 6.92 Å². The minimum absolute atomic E-state index is 0.206. The molecule has 0 radical (unpaired) electrons. The highest BCUT2D eigenvalue weighted by Gasteiger charge is 2.16. The maximum absolute atomic E-state index is 11.6. The maximum Gasteiger partial charge on any atom is 0.347 e. The van der Waals surface area contributed by atoms with Gasteiger partial charge in [0, 0.05) is 0 Å². The summed E-state index contributed by atoms with van der Waals surface area (Å²) < 4.78 is 0. The van der Waals surface area contributed by atoms with Crippen molar-refractivity contribution in [3.05, 3.63) is 15.6 Å². The molecule has 0 aliphatic carbocycles. The third-order valence-corrected chi connectivity index (χ3v) is 3.53. The molecule has 1 aromatic rings. The first kappa shape index (κ1) is 14.6. The predicted molar refractivity (Wildman–Crippen MR) is 68.5 cm³/mol. The fourth-order valence-corrected chi connectivity index (χ4v) is 2.31. The average molecular weight is 271 g/mol. The number of nitrogens with two attached hydrogens (primary N) is 1. The van der Waals surface area contributed by atoms with Crippen LogP contribution < -0.4 is 11.1 Å². The Balaban J connectivity index is 2.56. The number of nitrogens with one attached hydrogen (secondary N) is 1. The summed E-state index contributed by atoms with van der Waals surface area (Å²) in [4.78, 5) is 26.7. The second kappa shape index (κ2) is 6.46. The maximum atomic E-state index is 11.6. The molecule has 0 saturated heterocycles. The van der Waals surface area contributed by atoms with Crippen LogP contribution in [0.15, 0.2) is 0 Å². The minimum Gasteiger partial charge on any atom is -0.477 e. The fraction of sp³-hybridized carbons (Fsp3) is 0.545. The van der Waals surface area contributed by atoms with Crippen LogP contribution in [0.25, 0.3) is 0 Å². The second-order valence-corrected chi connectivity index (χ2v) is 5.02. The number of aryl methyl sites for hydroxylation is 1. The van der Waals surface area contributed by atoms with Gasteiger partial charge in [0.1, 0.15) is 9.88 Å². The SMILES string of the molecule is CCCC(N)C(=O)NCc1nc(C)c(C(=O)O)s1. The van der Waals surface area contributed by atoms with Crippen molar-refractivity contribution < 1.29 is 14.7 Å². The molecule has 0 aromatic carbocycles. The predicted octanol–water partition coefficient (Wildman–Crippen LogP) is 0.893. The van der Waals surface area contributed by atoms with Gasteiger partial charge in [-0.25, -0.2) is 9.78 Å². The number of amides is 1. The van der Waals surface area contributed by atoms with Crippen LogP contribution in [0, 0.1) is 6.92 Å². The molecule has 1 atom stereocenters. The van der Waals surface area contributed by atoms with E-state index in [0.717, 1.165) is 17.8 Å². The van der Waals surface area contributed by atoms with E-state index in [0.29, 0.717) is 17.1 Å². The summed E-state index contributed by atoms with van der Waals surface area (Å²) >= 11 is 1.07. The molecule has 0 aliphatic heterocycles. The van der Waals surface area contributed by atoms with E-state index in [1.54, 1.807) is 6.92 Å². The molecule has 6 nitrogen and oxygen atoms in total. The van der Waals surface area contributed by atoms with E-state index in [2.05, 4.69) is 10.3 Å². The molecule has 0 bridgehead atoms. The van der Waals surface area contributed by atoms with Crippen LogP contribution >= 0.6 is 11.3 Å². The number of aromatic carboxylic acids is 1. The lowest BCUT2D eigenvalue weighted by molar-refractivity contribution is -0.122. The molecule has 1 rings (SSSR count). The number of carbonyl (C=O) groups is 2. The summed E-state index contributed by atoms with van der Waals surface area (Å²) in [7, 11) is 0. The fourth-order valence-electron chi connectivity index (χ4n) is 1.46. The van der Waals surface area contributed by atoms with E-state index in [9.17, 15) is 9.59 Å². The van der Waals surface area contributed by atoms with Crippen molar-refractivity contribution in [2.75, 3.05) is 0 Å². The second-order valence-electron chi connectivity index (χ2n) is 3.94. The monoisotopic (exact) mass is 271 g/mol. The third-order valence-electron chi connectivity index (χ3n) is 2.39. The van der Waals surface area contributed by atoms with Crippen LogP contribution in [-0.4, -0.2) is 28.0 Å². The summed E-state index contributed by atoms with van der Waals surface area (Å²) in [6.45, 7) is 3.81. The zero-order chi connectivity index (χ0) is 13.7. The Kier molecular flexibility index (Phi) is 5.24. The third kappa shape index (κ3) is 3.78. The largest absolute Gasteiger partial charge is 0.477 e. The van der Waals surface area contributed by atoms with Gasteiger partial charge >= 0.3 is 5.97 Å². The van der Waals surface area contributed by atoms with E-state index < -0.39 is 12.0 Å². The Bertz CT molecular complexity index is 445. The first-order valence-corrected chi connectivity index (χ1v) is 6.50. The van der Waals surface area contributed by atoms with Crippen molar-refractivity contribution in [3.63, 3.8) is 0 Å². The van der Waals surface area contributed by atoms with Gasteiger partial charge in [0.15, 0.2) is 0 Å². The number of carboxylic acids is 1. The normalized spacial score (nSPS) is 12.2. The number of rotatable bonds is 6. The summed E-state index contributed by atoms with van der Waals surface area (Å²) in [5, 5.41) is 12.1. The van der Waals surface area contributed by atoms with Gasteiger partial charge in [-0.15, -0.1) is 11.3 Å². The zero-order valence-electron chi connectivity index (χ0n) is 10.4. The van der Waals surface area contributed by atoms with Gasteiger partial charge in [0.2, 0.25) is 5.91 Å². The van der Waals surface area contributed by atoms with Gasteiger partial charge in [0.25, 0.3) is 0 Å². The first-order valence-electron chi connectivity index (χ1n) is 5.68. The van der Waals surface area contributed by atoms with Crippen molar-refractivity contribution in [2.24, 2.45) is 5.73 Å². The topological polar surface area (TPSA) is 105 Å². The van der Waals surface area contributed by atoms with E-state index in [4.69, 9.17) is 10.8 Å². The summed E-state index contributed by atoms with van der Waals surface area (Å²) in [5.41, 5.74) is 6.12. The van der Waals surface area contributed by atoms with Crippen molar-refractivity contribution in [1.82, 2.24) is 10.3 Å². The van der Waals surface area contributed by atoms with Gasteiger partial charge in [-0.3, -0.25) is 4.79 Å². The summed E-state index contributed by atoms with van der Waals surface area (Å²) in [5.74, 6) is -1.23. The molecule has 1 amide bonds. The smallest absolute Gasteiger partial charge is 0.347 e. The van der Waals surface area contributed by atoms with Crippen molar-refractivity contribution in [1.29, 1.82) is 0 Å². The Hall–Kier alpha value is -1.47. The Morgan fingerprint density at radius 1 is 1.56 bits per heavy atom. The van der Waals surface area contributed by atoms with Gasteiger partial charge in [-0.1, -0.05) is 13.3 Å². The van der Waals surface area contributed by atoms with Crippen molar-refractivity contribution in [2.45, 2.75) is 39.3 Å². The van der Waals surface area contributed by atoms with Gasteiger partial charge < -0.3 is 16.2 Å². The molecule has 1 unspecified atom stereocenters. The van der Waals surface area contributed by atoms with Gasteiger partial charge in [0.05, 0.1) is 18.3 Å². The minimum atomic E-state index is -0.995. The van der Waals surface area contributed by atoms with Gasteiger partial charge in [-0.2, -0.15) is 0 Å². The molecule has 100 valence electrons. The van der Waals surface area contributed by atoms with Crippen molar-refractivity contribution >= 4 is 23.2 Å².